The van der Waals surface area contributed by atoms with Crippen LogP contribution in [0, 0.1) is 5.92 Å². The van der Waals surface area contributed by atoms with Gasteiger partial charge in [-0.3, -0.25) is 9.59 Å². The second-order valence-corrected chi connectivity index (χ2v) is 6.81. The van der Waals surface area contributed by atoms with E-state index in [9.17, 15) is 9.59 Å². The van der Waals surface area contributed by atoms with Crippen LogP contribution in [0.3, 0.4) is 0 Å². The molecule has 0 radical (unpaired) electrons. The minimum Gasteiger partial charge on any atom is -0.341 e. The van der Waals surface area contributed by atoms with Crippen molar-refractivity contribution in [2.45, 2.75) is 32.6 Å². The van der Waals surface area contributed by atoms with E-state index >= 15 is 0 Å². The molecule has 1 amide bonds. The van der Waals surface area contributed by atoms with E-state index in [2.05, 4.69) is 4.90 Å². The maximum absolute atomic E-state index is 11.9. The topological polar surface area (TPSA) is 40.6 Å². The van der Waals surface area contributed by atoms with Crippen molar-refractivity contribution in [2.75, 3.05) is 38.5 Å². The molecule has 2 saturated heterocycles. The molecule has 5 heteroatoms. The average Bonchev–Trinajstić information content (AvgIpc) is 2.76. The Bertz CT molecular complexity index is 329. The first kappa shape index (κ1) is 14.9. The summed E-state index contributed by atoms with van der Waals surface area (Å²) in [6.45, 7) is 6.68. The third kappa shape index (κ3) is 4.80. The van der Waals surface area contributed by atoms with Gasteiger partial charge in [-0.05, 0) is 31.8 Å². The molecule has 2 aliphatic rings. The molecule has 4 nitrogen and oxygen atoms in total. The quantitative estimate of drug-likeness (QED) is 0.769. The highest BCUT2D eigenvalue weighted by Crippen LogP contribution is 2.22. The van der Waals surface area contributed by atoms with Gasteiger partial charge in [-0.2, -0.15) is 0 Å². The second-order valence-electron chi connectivity index (χ2n) is 5.61. The van der Waals surface area contributed by atoms with Gasteiger partial charge < -0.3 is 9.80 Å². The molecule has 0 saturated carbocycles. The van der Waals surface area contributed by atoms with Crippen LogP contribution >= 0.6 is 11.8 Å². The molecule has 0 aliphatic carbocycles. The molecule has 2 rings (SSSR count). The summed E-state index contributed by atoms with van der Waals surface area (Å²) in [5.41, 5.74) is 0. The van der Waals surface area contributed by atoms with Crippen LogP contribution in [0.15, 0.2) is 0 Å². The minimum atomic E-state index is 0.152. The lowest BCUT2D eigenvalue weighted by atomic mass is 10.1. The Balaban J connectivity index is 1.69. The third-order valence-electron chi connectivity index (χ3n) is 3.95. The number of carbonyl (C=O) groups is 2. The van der Waals surface area contributed by atoms with Gasteiger partial charge in [0, 0.05) is 38.7 Å². The molecule has 2 fully saturated rings. The molecule has 0 aromatic heterocycles. The van der Waals surface area contributed by atoms with Crippen molar-refractivity contribution in [1.29, 1.82) is 0 Å². The lowest BCUT2D eigenvalue weighted by Crippen LogP contribution is -2.38. The number of thioether (sulfide) groups is 1. The van der Waals surface area contributed by atoms with E-state index < -0.39 is 0 Å². The van der Waals surface area contributed by atoms with Crippen molar-refractivity contribution in [1.82, 2.24) is 9.80 Å². The smallest absolute Gasteiger partial charge is 0.222 e. The van der Waals surface area contributed by atoms with Gasteiger partial charge in [0.05, 0.1) is 0 Å². The van der Waals surface area contributed by atoms with Crippen molar-refractivity contribution < 1.29 is 9.59 Å². The van der Waals surface area contributed by atoms with Gasteiger partial charge in [-0.15, -0.1) is 0 Å². The average molecular weight is 284 g/mol. The highest BCUT2D eigenvalue weighted by molar-refractivity contribution is 8.13. The van der Waals surface area contributed by atoms with Crippen LogP contribution in [0.4, 0.5) is 0 Å². The molecule has 0 N–H and O–H groups in total. The van der Waals surface area contributed by atoms with Crippen LogP contribution in [0.25, 0.3) is 0 Å². The molecular formula is C14H24N2O2S. The Morgan fingerprint density at radius 1 is 1.26 bits per heavy atom. The zero-order valence-corrected chi connectivity index (χ0v) is 12.6. The van der Waals surface area contributed by atoms with Gasteiger partial charge in [0.2, 0.25) is 5.91 Å². The van der Waals surface area contributed by atoms with Crippen LogP contribution in [0.5, 0.6) is 0 Å². The predicted molar refractivity (Wildman–Crippen MR) is 78.1 cm³/mol. The van der Waals surface area contributed by atoms with Crippen molar-refractivity contribution in [3.05, 3.63) is 0 Å². The Hall–Kier alpha value is -0.550. The number of nitrogens with zero attached hydrogens (tertiary/aromatic N) is 2. The summed E-state index contributed by atoms with van der Waals surface area (Å²) in [7, 11) is 0. The summed E-state index contributed by atoms with van der Waals surface area (Å²) >= 11 is 1.35. The summed E-state index contributed by atoms with van der Waals surface area (Å²) in [6.07, 6.45) is 4.57. The maximum Gasteiger partial charge on any atom is 0.222 e. The summed E-state index contributed by atoms with van der Waals surface area (Å²) in [5.74, 6) is 1.43. The van der Waals surface area contributed by atoms with Crippen molar-refractivity contribution in [3.8, 4) is 0 Å². The molecule has 0 bridgehead atoms. The monoisotopic (exact) mass is 284 g/mol. The molecule has 1 unspecified atom stereocenters. The van der Waals surface area contributed by atoms with Gasteiger partial charge >= 0.3 is 0 Å². The van der Waals surface area contributed by atoms with E-state index in [1.165, 1.54) is 44.1 Å². The Morgan fingerprint density at radius 3 is 2.68 bits per heavy atom. The SMILES string of the molecule is CC(=O)SCC1CC(=O)N(CCN2CCCCC2)C1. The van der Waals surface area contributed by atoms with Crippen LogP contribution in [0.2, 0.25) is 0 Å². The summed E-state index contributed by atoms with van der Waals surface area (Å²) in [5, 5.41) is 0.152. The first-order chi connectivity index (χ1) is 9.15. The minimum absolute atomic E-state index is 0.152. The number of hydrogen-bond donors (Lipinski definition) is 0. The van der Waals surface area contributed by atoms with Crippen LogP contribution in [-0.4, -0.2) is 59.3 Å². The maximum atomic E-state index is 11.9. The second kappa shape index (κ2) is 7.29. The molecule has 0 aromatic rings. The van der Waals surface area contributed by atoms with Crippen molar-refractivity contribution in [3.63, 3.8) is 0 Å². The summed E-state index contributed by atoms with van der Waals surface area (Å²) in [4.78, 5) is 27.3. The largest absolute Gasteiger partial charge is 0.341 e. The first-order valence-corrected chi connectivity index (χ1v) is 8.27. The number of rotatable bonds is 5. The van der Waals surface area contributed by atoms with Gasteiger partial charge in [0.1, 0.15) is 0 Å². The molecule has 19 heavy (non-hydrogen) atoms. The molecule has 1 atom stereocenters. The fraction of sp³-hybridized carbons (Fsp3) is 0.857. The van der Waals surface area contributed by atoms with Gasteiger partial charge in [0.25, 0.3) is 0 Å². The highest BCUT2D eigenvalue weighted by atomic mass is 32.2. The predicted octanol–water partition coefficient (Wildman–Crippen LogP) is 1.60. The number of likely N-dealkylation sites (tertiary alicyclic amines) is 2. The number of carbonyl (C=O) groups excluding carboxylic acids is 2. The van der Waals surface area contributed by atoms with Crippen molar-refractivity contribution >= 4 is 22.8 Å². The van der Waals surface area contributed by atoms with E-state index in [0.29, 0.717) is 12.3 Å². The normalized spacial score (nSPS) is 25.0. The van der Waals surface area contributed by atoms with Crippen LogP contribution < -0.4 is 0 Å². The standard InChI is InChI=1S/C14H24N2O2S/c1-12(17)19-11-13-9-14(18)16(10-13)8-7-15-5-3-2-4-6-15/h13H,2-11H2,1H3. The Morgan fingerprint density at radius 2 is 2.00 bits per heavy atom. The fourth-order valence-corrected chi connectivity index (χ4v) is 3.56. The van der Waals surface area contributed by atoms with Crippen LogP contribution in [0.1, 0.15) is 32.6 Å². The zero-order valence-electron chi connectivity index (χ0n) is 11.8. The van der Waals surface area contributed by atoms with Gasteiger partial charge in [-0.25, -0.2) is 0 Å². The Kier molecular flexibility index (Phi) is 5.70. The van der Waals surface area contributed by atoms with E-state index in [-0.39, 0.29) is 11.0 Å². The number of hydrogen-bond acceptors (Lipinski definition) is 4. The number of piperidine rings is 1. The highest BCUT2D eigenvalue weighted by Gasteiger charge is 2.29. The molecule has 108 valence electrons. The van der Waals surface area contributed by atoms with Gasteiger partial charge in [0.15, 0.2) is 5.12 Å². The molecular weight excluding hydrogens is 260 g/mol. The molecule has 2 heterocycles. The molecule has 2 aliphatic heterocycles. The lowest BCUT2D eigenvalue weighted by Gasteiger charge is -2.28. The van der Waals surface area contributed by atoms with E-state index in [1.807, 2.05) is 4.90 Å². The molecule has 0 spiro atoms. The van der Waals surface area contributed by atoms with E-state index in [0.717, 1.165) is 25.4 Å². The van der Waals surface area contributed by atoms with E-state index in [4.69, 9.17) is 0 Å². The lowest BCUT2D eigenvalue weighted by molar-refractivity contribution is -0.127. The van der Waals surface area contributed by atoms with Crippen LogP contribution in [-0.2, 0) is 9.59 Å². The summed E-state index contributed by atoms with van der Waals surface area (Å²) < 4.78 is 0. The molecule has 0 aromatic carbocycles. The Labute approximate surface area is 119 Å². The fourth-order valence-electron chi connectivity index (χ4n) is 2.86. The van der Waals surface area contributed by atoms with E-state index in [1.54, 1.807) is 6.92 Å². The third-order valence-corrected chi connectivity index (χ3v) is 5.00. The summed E-state index contributed by atoms with van der Waals surface area (Å²) in [6, 6.07) is 0. The van der Waals surface area contributed by atoms with Gasteiger partial charge in [-0.1, -0.05) is 18.2 Å². The number of amides is 1. The van der Waals surface area contributed by atoms with Crippen molar-refractivity contribution in [2.24, 2.45) is 5.92 Å². The zero-order chi connectivity index (χ0) is 13.7. The first-order valence-electron chi connectivity index (χ1n) is 7.28.